The van der Waals surface area contributed by atoms with Crippen molar-refractivity contribution in [3.8, 4) is 5.75 Å². The predicted molar refractivity (Wildman–Crippen MR) is 154 cm³/mol. The van der Waals surface area contributed by atoms with Crippen molar-refractivity contribution in [1.29, 1.82) is 0 Å². The number of carbonyl (C=O) groups is 1. The number of hydrogen-bond acceptors (Lipinski definition) is 7. The lowest BCUT2D eigenvalue weighted by molar-refractivity contribution is -0.0258. The van der Waals surface area contributed by atoms with Crippen LogP contribution in [0.2, 0.25) is 0 Å². The van der Waals surface area contributed by atoms with E-state index in [0.717, 1.165) is 34.3 Å². The van der Waals surface area contributed by atoms with Crippen molar-refractivity contribution < 1.29 is 22.8 Å². The number of nitrogens with one attached hydrogen (secondary N) is 1. The summed E-state index contributed by atoms with van der Waals surface area (Å²) >= 11 is 0. The van der Waals surface area contributed by atoms with E-state index in [1.807, 2.05) is 36.4 Å². The van der Waals surface area contributed by atoms with Gasteiger partial charge in [0.25, 0.3) is 15.9 Å². The van der Waals surface area contributed by atoms with Crippen molar-refractivity contribution in [2.75, 3.05) is 44.6 Å². The van der Waals surface area contributed by atoms with Gasteiger partial charge in [0.2, 0.25) is 0 Å². The number of amides is 1. The highest BCUT2D eigenvalue weighted by Gasteiger charge is 2.22. The first-order chi connectivity index (χ1) is 19.3. The monoisotopic (exact) mass is 563 g/mol. The number of piperidine rings is 1. The van der Waals surface area contributed by atoms with Crippen LogP contribution in [0.5, 0.6) is 5.75 Å². The summed E-state index contributed by atoms with van der Waals surface area (Å²) in [6.07, 6.45) is 3.67. The van der Waals surface area contributed by atoms with Crippen LogP contribution in [-0.2, 0) is 21.4 Å². The zero-order valence-electron chi connectivity index (χ0n) is 22.8. The predicted octanol–water partition coefficient (Wildman–Crippen LogP) is 4.52. The largest absolute Gasteiger partial charge is 0.497 e. The van der Waals surface area contributed by atoms with Gasteiger partial charge in [0.1, 0.15) is 5.75 Å². The van der Waals surface area contributed by atoms with Crippen LogP contribution in [-0.4, -0.2) is 62.9 Å². The molecule has 1 amide bonds. The third-order valence-corrected chi connectivity index (χ3v) is 8.86. The van der Waals surface area contributed by atoms with E-state index < -0.39 is 10.0 Å². The molecular weight excluding hydrogens is 530 g/mol. The molecule has 0 radical (unpaired) electrons. The van der Waals surface area contributed by atoms with Crippen molar-refractivity contribution in [1.82, 2.24) is 14.2 Å². The molecule has 40 heavy (non-hydrogen) atoms. The first-order valence-electron chi connectivity index (χ1n) is 13.1. The van der Waals surface area contributed by atoms with Gasteiger partial charge < -0.3 is 15.0 Å². The summed E-state index contributed by atoms with van der Waals surface area (Å²) in [7, 11) is 0.457. The molecule has 3 aromatic carbocycles. The minimum atomic E-state index is -3.75. The summed E-state index contributed by atoms with van der Waals surface area (Å²) in [6.45, 7) is 2.44. The van der Waals surface area contributed by atoms with Gasteiger partial charge in [-0.25, -0.2) is 8.42 Å². The van der Waals surface area contributed by atoms with E-state index in [2.05, 4.69) is 15.3 Å². The summed E-state index contributed by atoms with van der Waals surface area (Å²) < 4.78 is 33.0. The van der Waals surface area contributed by atoms with Gasteiger partial charge in [-0.2, -0.15) is 5.10 Å². The Morgan fingerprint density at radius 3 is 2.33 bits per heavy atom. The van der Waals surface area contributed by atoms with Crippen molar-refractivity contribution in [3.05, 3.63) is 78.0 Å². The smallest absolute Gasteiger partial charge is 0.276 e. The molecule has 0 aliphatic carbocycles. The molecule has 0 bridgehead atoms. The fourth-order valence-electron chi connectivity index (χ4n) is 4.86. The van der Waals surface area contributed by atoms with E-state index in [4.69, 9.17) is 9.57 Å². The zero-order valence-corrected chi connectivity index (χ0v) is 23.6. The molecule has 0 saturated carbocycles. The van der Waals surface area contributed by atoms with E-state index in [9.17, 15) is 13.2 Å². The van der Waals surface area contributed by atoms with E-state index in [-0.39, 0.29) is 16.5 Å². The molecule has 210 valence electrons. The lowest BCUT2D eigenvalue weighted by Gasteiger charge is -2.28. The Hall–Kier alpha value is -3.93. The Bertz CT molecular complexity index is 1590. The third-order valence-electron chi connectivity index (χ3n) is 7.17. The molecule has 0 spiro atoms. The highest BCUT2D eigenvalue weighted by molar-refractivity contribution is 7.89. The number of nitrogens with zero attached hydrogens (tertiary/aromatic N) is 4. The van der Waals surface area contributed by atoms with Gasteiger partial charge in [-0.3, -0.25) is 14.3 Å². The number of aromatic nitrogens is 2. The Kier molecular flexibility index (Phi) is 8.06. The fourth-order valence-corrected chi connectivity index (χ4v) is 5.83. The molecule has 5 rings (SSSR count). The van der Waals surface area contributed by atoms with Crippen LogP contribution in [0.25, 0.3) is 10.9 Å². The lowest BCUT2D eigenvalue weighted by atomic mass is 10.1. The van der Waals surface area contributed by atoms with E-state index in [1.165, 1.54) is 45.6 Å². The van der Waals surface area contributed by atoms with Crippen LogP contribution in [0.3, 0.4) is 0 Å². The normalized spacial score (nSPS) is 14.1. The molecule has 1 aliphatic rings. The second kappa shape index (κ2) is 11.7. The first-order valence-corrected chi connectivity index (χ1v) is 14.6. The molecular formula is C29H33N5O5S. The average molecular weight is 564 g/mol. The van der Waals surface area contributed by atoms with Gasteiger partial charge in [-0.1, -0.05) is 16.6 Å². The highest BCUT2D eigenvalue weighted by Crippen LogP contribution is 2.27. The zero-order chi connectivity index (χ0) is 28.3. The van der Waals surface area contributed by atoms with E-state index >= 15 is 0 Å². The van der Waals surface area contributed by atoms with Gasteiger partial charge in [0.05, 0.1) is 31.2 Å². The van der Waals surface area contributed by atoms with Crippen LogP contribution < -0.4 is 15.0 Å². The maximum absolute atomic E-state index is 13.4. The van der Waals surface area contributed by atoms with Gasteiger partial charge in [-0.05, 0) is 79.4 Å². The molecule has 11 heteroatoms. The van der Waals surface area contributed by atoms with Crippen LogP contribution >= 0.6 is 0 Å². The van der Waals surface area contributed by atoms with Crippen LogP contribution in [0.1, 0.15) is 35.3 Å². The Morgan fingerprint density at radius 1 is 0.975 bits per heavy atom. The minimum absolute atomic E-state index is 0.113. The Labute approximate surface area is 234 Å². The number of carbonyl (C=O) groups excluding carboxylic acids is 1. The molecule has 1 fully saturated rings. The van der Waals surface area contributed by atoms with Gasteiger partial charge in [-0.15, -0.1) is 0 Å². The third kappa shape index (κ3) is 5.67. The van der Waals surface area contributed by atoms with Gasteiger partial charge in [0, 0.05) is 36.9 Å². The second-order valence-electron chi connectivity index (χ2n) is 9.68. The van der Waals surface area contributed by atoms with E-state index in [1.54, 1.807) is 30.0 Å². The summed E-state index contributed by atoms with van der Waals surface area (Å²) in [4.78, 5) is 20.7. The molecule has 4 aromatic rings. The number of hydroxylamine groups is 1. The minimum Gasteiger partial charge on any atom is -0.497 e. The number of anilines is 2. The topological polar surface area (TPSA) is 106 Å². The molecule has 1 saturated heterocycles. The van der Waals surface area contributed by atoms with Crippen molar-refractivity contribution >= 4 is 38.2 Å². The number of hydrogen-bond donors (Lipinski definition) is 1. The number of sulfonamides is 1. The van der Waals surface area contributed by atoms with Crippen LogP contribution in [0.15, 0.2) is 71.6 Å². The summed E-state index contributed by atoms with van der Waals surface area (Å²) in [5.74, 6) is 0.288. The van der Waals surface area contributed by atoms with Crippen molar-refractivity contribution in [2.24, 2.45) is 0 Å². The van der Waals surface area contributed by atoms with Crippen molar-refractivity contribution in [2.45, 2.75) is 30.7 Å². The number of rotatable bonds is 9. The van der Waals surface area contributed by atoms with E-state index in [0.29, 0.717) is 23.4 Å². The SMILES string of the molecule is COc1ccc2c(c1)c(C(=O)Nc1ccc(N3CCCCC3)cc1)nn2Cc1ccc(S(=O)(=O)N(C)OC)cc1. The molecule has 2 heterocycles. The summed E-state index contributed by atoms with van der Waals surface area (Å²) in [5.41, 5.74) is 3.69. The number of methoxy groups -OCH3 is 1. The van der Waals surface area contributed by atoms with Gasteiger partial charge >= 0.3 is 0 Å². The van der Waals surface area contributed by atoms with Crippen LogP contribution in [0.4, 0.5) is 11.4 Å². The van der Waals surface area contributed by atoms with Crippen molar-refractivity contribution in [3.63, 3.8) is 0 Å². The first kappa shape index (κ1) is 27.6. The van der Waals surface area contributed by atoms with Gasteiger partial charge in [0.15, 0.2) is 5.69 Å². The average Bonchev–Trinajstić information content (AvgIpc) is 3.35. The molecule has 1 aromatic heterocycles. The van der Waals surface area contributed by atoms with Crippen LogP contribution in [0, 0.1) is 0 Å². The second-order valence-corrected chi connectivity index (χ2v) is 11.6. The highest BCUT2D eigenvalue weighted by atomic mass is 32.2. The lowest BCUT2D eigenvalue weighted by Crippen LogP contribution is -2.29. The number of fused-ring (bicyclic) bond motifs is 1. The maximum atomic E-state index is 13.4. The quantitative estimate of drug-likeness (QED) is 0.299. The fraction of sp³-hybridized carbons (Fsp3) is 0.310. The maximum Gasteiger partial charge on any atom is 0.276 e. The number of benzene rings is 3. The molecule has 0 atom stereocenters. The Balaban J connectivity index is 1.39. The standard InChI is InChI=1S/C29H33N5O5S/c1-32(39-3)40(36,37)25-14-7-21(8-15-25)20-34-27-16-13-24(38-2)19-26(27)28(31-34)29(35)30-22-9-11-23(12-10-22)33-17-5-4-6-18-33/h7-16,19H,4-6,17-18,20H2,1-3H3,(H,30,35). The molecule has 1 N–H and O–H groups in total. The summed E-state index contributed by atoms with van der Waals surface area (Å²) in [5, 5.41) is 8.29. The molecule has 1 aliphatic heterocycles. The molecule has 0 unspecified atom stereocenters. The summed E-state index contributed by atoms with van der Waals surface area (Å²) in [6, 6.07) is 19.9. The molecule has 10 nitrogen and oxygen atoms in total. The Morgan fingerprint density at radius 2 is 1.68 bits per heavy atom. The number of ether oxygens (including phenoxy) is 1.